The molecule has 2 nitrogen and oxygen atoms in total. The molecule has 0 aromatic heterocycles. The summed E-state index contributed by atoms with van der Waals surface area (Å²) in [6, 6.07) is 0.694. The van der Waals surface area contributed by atoms with Gasteiger partial charge in [0, 0.05) is 24.8 Å². The van der Waals surface area contributed by atoms with E-state index in [1.807, 2.05) is 0 Å². The van der Waals surface area contributed by atoms with Gasteiger partial charge in [-0.15, -0.1) is 0 Å². The van der Waals surface area contributed by atoms with Crippen molar-refractivity contribution < 1.29 is 4.74 Å². The molecule has 0 radical (unpaired) electrons. The molecule has 2 heterocycles. The van der Waals surface area contributed by atoms with Gasteiger partial charge >= 0.3 is 0 Å². The molecule has 1 spiro atoms. The summed E-state index contributed by atoms with van der Waals surface area (Å²) < 4.78 is 5.60. The Morgan fingerprint density at radius 2 is 1.53 bits per heavy atom. The van der Waals surface area contributed by atoms with Crippen LogP contribution in [-0.4, -0.2) is 36.2 Å². The summed E-state index contributed by atoms with van der Waals surface area (Å²) in [6.45, 7) is 17.6. The summed E-state index contributed by atoms with van der Waals surface area (Å²) in [5, 5.41) is 0. The van der Waals surface area contributed by atoms with Gasteiger partial charge < -0.3 is 4.74 Å². The molecule has 2 aliphatic heterocycles. The maximum absolute atomic E-state index is 5.60. The van der Waals surface area contributed by atoms with E-state index in [4.69, 9.17) is 4.74 Å². The number of piperidine rings is 1. The van der Waals surface area contributed by atoms with Gasteiger partial charge in [0.25, 0.3) is 0 Å². The van der Waals surface area contributed by atoms with Crippen LogP contribution in [0.3, 0.4) is 0 Å². The lowest BCUT2D eigenvalue weighted by Gasteiger charge is -2.56. The van der Waals surface area contributed by atoms with E-state index in [-0.39, 0.29) is 5.54 Å². The average molecular weight is 267 g/mol. The Hall–Kier alpha value is -0.0800. The normalized spacial score (nSPS) is 29.7. The van der Waals surface area contributed by atoms with Crippen LogP contribution in [0, 0.1) is 10.8 Å². The van der Waals surface area contributed by atoms with Gasteiger partial charge in [-0.05, 0) is 63.8 Å². The third-order valence-electron chi connectivity index (χ3n) is 5.30. The van der Waals surface area contributed by atoms with Gasteiger partial charge in [-0.1, -0.05) is 20.8 Å². The quantitative estimate of drug-likeness (QED) is 0.655. The first kappa shape index (κ1) is 15.3. The van der Waals surface area contributed by atoms with Crippen LogP contribution in [0.25, 0.3) is 0 Å². The Balaban J connectivity index is 2.20. The second kappa shape index (κ2) is 5.04. The fourth-order valence-electron chi connectivity index (χ4n) is 3.97. The van der Waals surface area contributed by atoms with Gasteiger partial charge in [0.05, 0.1) is 0 Å². The zero-order valence-corrected chi connectivity index (χ0v) is 13.9. The zero-order chi connectivity index (χ0) is 14.3. The van der Waals surface area contributed by atoms with Crippen molar-refractivity contribution in [2.75, 3.05) is 19.8 Å². The molecule has 2 saturated heterocycles. The second-order valence-electron chi connectivity index (χ2n) is 8.81. The lowest BCUT2D eigenvalue weighted by molar-refractivity contribution is -0.0886. The fraction of sp³-hybridized carbons (Fsp3) is 1.00. The molecule has 1 unspecified atom stereocenters. The van der Waals surface area contributed by atoms with Crippen molar-refractivity contribution in [3.05, 3.63) is 0 Å². The van der Waals surface area contributed by atoms with E-state index in [2.05, 4.69) is 46.4 Å². The SMILES string of the molecule is CC(C)(C)C1CC2(CCOCC2)CCN1C(C)(C)C. The summed E-state index contributed by atoms with van der Waals surface area (Å²) in [5.74, 6) is 0. The minimum absolute atomic E-state index is 0.282. The van der Waals surface area contributed by atoms with Crippen molar-refractivity contribution in [1.82, 2.24) is 4.90 Å². The van der Waals surface area contributed by atoms with Gasteiger partial charge in [-0.25, -0.2) is 0 Å². The Labute approximate surface area is 119 Å². The first-order valence-corrected chi connectivity index (χ1v) is 7.99. The fourth-order valence-corrected chi connectivity index (χ4v) is 3.97. The van der Waals surface area contributed by atoms with E-state index in [0.717, 1.165) is 13.2 Å². The minimum atomic E-state index is 0.282. The van der Waals surface area contributed by atoms with Crippen molar-refractivity contribution in [3.63, 3.8) is 0 Å². The van der Waals surface area contributed by atoms with Crippen molar-refractivity contribution in [3.8, 4) is 0 Å². The van der Waals surface area contributed by atoms with Gasteiger partial charge in [0.15, 0.2) is 0 Å². The Kier molecular flexibility index (Phi) is 4.06. The maximum atomic E-state index is 5.60. The molecule has 0 aromatic carbocycles. The van der Waals surface area contributed by atoms with E-state index < -0.39 is 0 Å². The van der Waals surface area contributed by atoms with Crippen LogP contribution >= 0.6 is 0 Å². The molecule has 0 saturated carbocycles. The smallest absolute Gasteiger partial charge is 0.0471 e. The standard InChI is InChI=1S/C17H33NO/c1-15(2,3)14-13-17(8-11-19-12-9-17)7-10-18(14)16(4,5)6/h14H,7-13H2,1-6H3. The largest absolute Gasteiger partial charge is 0.381 e. The van der Waals surface area contributed by atoms with E-state index in [1.165, 1.54) is 32.2 Å². The lowest BCUT2D eigenvalue weighted by atomic mass is 9.64. The molecule has 0 N–H and O–H groups in total. The molecule has 0 bridgehead atoms. The molecule has 2 fully saturated rings. The predicted octanol–water partition coefficient (Wildman–Crippen LogP) is 4.09. The first-order chi connectivity index (χ1) is 8.64. The van der Waals surface area contributed by atoms with Gasteiger partial charge in [-0.3, -0.25) is 4.90 Å². The summed E-state index contributed by atoms with van der Waals surface area (Å²) in [5.41, 5.74) is 1.21. The highest BCUT2D eigenvalue weighted by molar-refractivity contribution is 5.00. The minimum Gasteiger partial charge on any atom is -0.381 e. The number of hydrogen-bond acceptors (Lipinski definition) is 2. The third kappa shape index (κ3) is 3.33. The van der Waals surface area contributed by atoms with Crippen LogP contribution in [0.15, 0.2) is 0 Å². The Morgan fingerprint density at radius 3 is 2.00 bits per heavy atom. The van der Waals surface area contributed by atoms with Crippen LogP contribution in [0.1, 0.15) is 67.2 Å². The van der Waals surface area contributed by atoms with E-state index in [9.17, 15) is 0 Å². The summed E-state index contributed by atoms with van der Waals surface area (Å²) in [6.07, 6.45) is 5.27. The van der Waals surface area contributed by atoms with Crippen molar-refractivity contribution in [2.24, 2.45) is 10.8 Å². The molecule has 2 aliphatic rings. The van der Waals surface area contributed by atoms with Crippen molar-refractivity contribution >= 4 is 0 Å². The van der Waals surface area contributed by atoms with Crippen LogP contribution in [0.2, 0.25) is 0 Å². The van der Waals surface area contributed by atoms with E-state index >= 15 is 0 Å². The van der Waals surface area contributed by atoms with Crippen LogP contribution in [0.5, 0.6) is 0 Å². The molecule has 112 valence electrons. The zero-order valence-electron chi connectivity index (χ0n) is 13.9. The molecule has 0 amide bonds. The molecule has 1 atom stereocenters. The summed E-state index contributed by atoms with van der Waals surface area (Å²) in [4.78, 5) is 2.76. The number of hydrogen-bond donors (Lipinski definition) is 0. The number of rotatable bonds is 0. The van der Waals surface area contributed by atoms with Crippen LogP contribution in [-0.2, 0) is 4.74 Å². The molecular formula is C17H33NO. The predicted molar refractivity (Wildman–Crippen MR) is 81.4 cm³/mol. The van der Waals surface area contributed by atoms with E-state index in [1.54, 1.807) is 0 Å². The topological polar surface area (TPSA) is 12.5 Å². The highest BCUT2D eigenvalue weighted by atomic mass is 16.5. The lowest BCUT2D eigenvalue weighted by Crippen LogP contribution is -2.59. The van der Waals surface area contributed by atoms with Gasteiger partial charge in [0.2, 0.25) is 0 Å². The Bertz CT molecular complexity index is 304. The number of likely N-dealkylation sites (tertiary alicyclic amines) is 1. The average Bonchev–Trinajstić information content (AvgIpc) is 2.27. The number of ether oxygens (including phenoxy) is 1. The highest BCUT2D eigenvalue weighted by Gasteiger charge is 2.47. The summed E-state index contributed by atoms with van der Waals surface area (Å²) >= 11 is 0. The molecule has 0 aromatic rings. The Morgan fingerprint density at radius 1 is 0.947 bits per heavy atom. The highest BCUT2D eigenvalue weighted by Crippen LogP contribution is 2.48. The second-order valence-corrected chi connectivity index (χ2v) is 8.81. The van der Waals surface area contributed by atoms with Gasteiger partial charge in [-0.2, -0.15) is 0 Å². The van der Waals surface area contributed by atoms with Crippen molar-refractivity contribution in [2.45, 2.75) is 78.8 Å². The van der Waals surface area contributed by atoms with E-state index in [0.29, 0.717) is 16.9 Å². The van der Waals surface area contributed by atoms with Crippen LogP contribution < -0.4 is 0 Å². The van der Waals surface area contributed by atoms with Crippen LogP contribution in [0.4, 0.5) is 0 Å². The molecule has 2 heteroatoms. The maximum Gasteiger partial charge on any atom is 0.0471 e. The molecule has 0 aliphatic carbocycles. The molecule has 19 heavy (non-hydrogen) atoms. The molecule has 2 rings (SSSR count). The number of nitrogens with zero attached hydrogens (tertiary/aromatic N) is 1. The monoisotopic (exact) mass is 267 g/mol. The van der Waals surface area contributed by atoms with Gasteiger partial charge in [0.1, 0.15) is 0 Å². The summed E-state index contributed by atoms with van der Waals surface area (Å²) in [7, 11) is 0. The molecular weight excluding hydrogens is 234 g/mol. The first-order valence-electron chi connectivity index (χ1n) is 7.99. The van der Waals surface area contributed by atoms with Crippen molar-refractivity contribution in [1.29, 1.82) is 0 Å². The third-order valence-corrected chi connectivity index (χ3v) is 5.30.